The van der Waals surface area contributed by atoms with Crippen molar-refractivity contribution in [2.45, 2.75) is 70.7 Å². The lowest BCUT2D eigenvalue weighted by atomic mass is 9.94. The van der Waals surface area contributed by atoms with Crippen LogP contribution in [-0.2, 0) is 9.47 Å². The van der Waals surface area contributed by atoms with Crippen molar-refractivity contribution >= 4 is 0 Å². The molecule has 0 amide bonds. The van der Waals surface area contributed by atoms with Gasteiger partial charge in [-0.1, -0.05) is 13.8 Å². The molecule has 2 aliphatic heterocycles. The van der Waals surface area contributed by atoms with Crippen LogP contribution in [-0.4, -0.2) is 37.5 Å². The van der Waals surface area contributed by atoms with E-state index in [0.29, 0.717) is 30.2 Å². The monoisotopic (exact) mass is 241 g/mol. The van der Waals surface area contributed by atoms with Gasteiger partial charge >= 0.3 is 0 Å². The maximum absolute atomic E-state index is 5.81. The van der Waals surface area contributed by atoms with Crippen molar-refractivity contribution in [3.8, 4) is 0 Å². The summed E-state index contributed by atoms with van der Waals surface area (Å²) >= 11 is 0. The summed E-state index contributed by atoms with van der Waals surface area (Å²) in [6.45, 7) is 8.60. The largest absolute Gasteiger partial charge is 0.378 e. The predicted octanol–water partition coefficient (Wildman–Crippen LogP) is 2.35. The van der Waals surface area contributed by atoms with Crippen molar-refractivity contribution in [2.24, 2.45) is 5.92 Å². The summed E-state index contributed by atoms with van der Waals surface area (Å²) in [7, 11) is 0. The molecule has 0 aromatic carbocycles. The molecule has 2 saturated heterocycles. The standard InChI is InChI=1S/C14H27NO2/c1-10(2)14-9-12(6-8-17-14)15-11(3)13-5-4-7-16-13/h10-15H,4-9H2,1-3H3. The van der Waals surface area contributed by atoms with Crippen LogP contribution in [0.4, 0.5) is 0 Å². The molecule has 1 N–H and O–H groups in total. The molecule has 0 saturated carbocycles. The molecule has 2 fully saturated rings. The first kappa shape index (κ1) is 13.3. The van der Waals surface area contributed by atoms with E-state index in [9.17, 15) is 0 Å². The minimum absolute atomic E-state index is 0.426. The Morgan fingerprint density at radius 3 is 2.41 bits per heavy atom. The van der Waals surface area contributed by atoms with Gasteiger partial charge in [-0.3, -0.25) is 0 Å². The Labute approximate surface area is 105 Å². The van der Waals surface area contributed by atoms with Gasteiger partial charge in [0.2, 0.25) is 0 Å². The molecule has 2 heterocycles. The van der Waals surface area contributed by atoms with Crippen molar-refractivity contribution in [3.63, 3.8) is 0 Å². The van der Waals surface area contributed by atoms with Gasteiger partial charge in [0, 0.05) is 25.3 Å². The number of nitrogens with one attached hydrogen (secondary N) is 1. The second kappa shape index (κ2) is 6.17. The van der Waals surface area contributed by atoms with Crippen LogP contribution in [0.3, 0.4) is 0 Å². The van der Waals surface area contributed by atoms with Crippen LogP contribution < -0.4 is 5.32 Å². The van der Waals surface area contributed by atoms with Gasteiger partial charge in [-0.15, -0.1) is 0 Å². The van der Waals surface area contributed by atoms with Gasteiger partial charge in [0.1, 0.15) is 0 Å². The second-order valence-electron chi connectivity index (χ2n) is 5.88. The Morgan fingerprint density at radius 1 is 1.00 bits per heavy atom. The molecule has 17 heavy (non-hydrogen) atoms. The highest BCUT2D eigenvalue weighted by Gasteiger charge is 2.29. The fraction of sp³-hybridized carbons (Fsp3) is 1.00. The Hall–Kier alpha value is -0.120. The van der Waals surface area contributed by atoms with Crippen LogP contribution in [0.25, 0.3) is 0 Å². The maximum atomic E-state index is 5.81. The summed E-state index contributed by atoms with van der Waals surface area (Å²) < 4.78 is 11.5. The van der Waals surface area contributed by atoms with Gasteiger partial charge in [-0.25, -0.2) is 0 Å². The smallest absolute Gasteiger partial charge is 0.0726 e. The molecular formula is C14H27NO2. The third kappa shape index (κ3) is 3.67. The molecule has 0 radical (unpaired) electrons. The normalized spacial score (nSPS) is 36.4. The van der Waals surface area contributed by atoms with E-state index in [1.54, 1.807) is 0 Å². The summed E-state index contributed by atoms with van der Waals surface area (Å²) in [5.41, 5.74) is 0. The zero-order chi connectivity index (χ0) is 12.3. The third-order valence-electron chi connectivity index (χ3n) is 4.08. The Bertz CT molecular complexity index is 226. The van der Waals surface area contributed by atoms with Crippen LogP contribution in [0.1, 0.15) is 46.5 Å². The number of hydrogen-bond acceptors (Lipinski definition) is 3. The van der Waals surface area contributed by atoms with E-state index >= 15 is 0 Å². The van der Waals surface area contributed by atoms with E-state index in [1.165, 1.54) is 12.8 Å². The molecule has 0 bridgehead atoms. The molecule has 0 aromatic rings. The van der Waals surface area contributed by atoms with E-state index in [0.717, 1.165) is 26.1 Å². The predicted molar refractivity (Wildman–Crippen MR) is 69.2 cm³/mol. The first-order chi connectivity index (χ1) is 8.16. The number of hydrogen-bond donors (Lipinski definition) is 1. The molecular weight excluding hydrogens is 214 g/mol. The average Bonchev–Trinajstić information content (AvgIpc) is 2.82. The van der Waals surface area contributed by atoms with Crippen LogP contribution in [0.5, 0.6) is 0 Å². The van der Waals surface area contributed by atoms with Gasteiger partial charge in [0.25, 0.3) is 0 Å². The highest BCUT2D eigenvalue weighted by atomic mass is 16.5. The zero-order valence-electron chi connectivity index (χ0n) is 11.4. The van der Waals surface area contributed by atoms with Gasteiger partial charge in [0.05, 0.1) is 12.2 Å². The molecule has 3 nitrogen and oxygen atoms in total. The van der Waals surface area contributed by atoms with Crippen LogP contribution >= 0.6 is 0 Å². The van der Waals surface area contributed by atoms with E-state index in [4.69, 9.17) is 9.47 Å². The molecule has 2 rings (SSSR count). The van der Waals surface area contributed by atoms with E-state index in [-0.39, 0.29) is 0 Å². The lowest BCUT2D eigenvalue weighted by Crippen LogP contribution is -2.48. The van der Waals surface area contributed by atoms with Crippen molar-refractivity contribution in [1.29, 1.82) is 0 Å². The van der Waals surface area contributed by atoms with Crippen LogP contribution in [0, 0.1) is 5.92 Å². The molecule has 0 spiro atoms. The summed E-state index contributed by atoms with van der Waals surface area (Å²) in [5, 5.41) is 3.74. The molecule has 3 heteroatoms. The minimum Gasteiger partial charge on any atom is -0.378 e. The molecule has 4 unspecified atom stereocenters. The lowest BCUT2D eigenvalue weighted by Gasteiger charge is -2.35. The number of rotatable bonds is 4. The summed E-state index contributed by atoms with van der Waals surface area (Å²) in [6, 6.07) is 1.09. The van der Waals surface area contributed by atoms with Crippen LogP contribution in [0.2, 0.25) is 0 Å². The summed E-state index contributed by atoms with van der Waals surface area (Å²) in [5.74, 6) is 0.623. The SMILES string of the molecule is CC(C)C1CC(NC(C)C2CCCO2)CCO1. The van der Waals surface area contributed by atoms with E-state index in [2.05, 4.69) is 26.1 Å². The highest BCUT2D eigenvalue weighted by molar-refractivity contribution is 4.84. The van der Waals surface area contributed by atoms with E-state index < -0.39 is 0 Å². The van der Waals surface area contributed by atoms with Crippen molar-refractivity contribution in [1.82, 2.24) is 5.32 Å². The Balaban J connectivity index is 1.77. The second-order valence-corrected chi connectivity index (χ2v) is 5.88. The Morgan fingerprint density at radius 2 is 1.76 bits per heavy atom. The van der Waals surface area contributed by atoms with Gasteiger partial charge in [0.15, 0.2) is 0 Å². The van der Waals surface area contributed by atoms with Crippen molar-refractivity contribution in [3.05, 3.63) is 0 Å². The molecule has 100 valence electrons. The maximum Gasteiger partial charge on any atom is 0.0726 e. The zero-order valence-corrected chi connectivity index (χ0v) is 11.4. The minimum atomic E-state index is 0.426. The van der Waals surface area contributed by atoms with Crippen molar-refractivity contribution in [2.75, 3.05) is 13.2 Å². The quantitative estimate of drug-likeness (QED) is 0.819. The van der Waals surface area contributed by atoms with Crippen LogP contribution in [0.15, 0.2) is 0 Å². The third-order valence-corrected chi connectivity index (χ3v) is 4.08. The molecule has 0 aromatic heterocycles. The van der Waals surface area contributed by atoms with Crippen molar-refractivity contribution < 1.29 is 9.47 Å². The summed E-state index contributed by atoms with van der Waals surface area (Å²) in [6.07, 6.45) is 5.58. The first-order valence-electron chi connectivity index (χ1n) is 7.16. The van der Waals surface area contributed by atoms with Gasteiger partial charge < -0.3 is 14.8 Å². The highest BCUT2D eigenvalue weighted by Crippen LogP contribution is 2.22. The Kier molecular flexibility index (Phi) is 4.83. The van der Waals surface area contributed by atoms with E-state index in [1.807, 2.05) is 0 Å². The molecule has 4 atom stereocenters. The van der Waals surface area contributed by atoms with Gasteiger partial charge in [-0.2, -0.15) is 0 Å². The van der Waals surface area contributed by atoms with Gasteiger partial charge in [-0.05, 0) is 38.5 Å². The lowest BCUT2D eigenvalue weighted by molar-refractivity contribution is -0.0293. The first-order valence-corrected chi connectivity index (χ1v) is 7.16. The fourth-order valence-corrected chi connectivity index (χ4v) is 2.92. The summed E-state index contributed by atoms with van der Waals surface area (Å²) in [4.78, 5) is 0. The molecule has 0 aliphatic carbocycles. The molecule has 2 aliphatic rings. The topological polar surface area (TPSA) is 30.5 Å². The fourth-order valence-electron chi connectivity index (χ4n) is 2.92. The number of ether oxygens (including phenoxy) is 2. The average molecular weight is 241 g/mol.